The van der Waals surface area contributed by atoms with E-state index < -0.39 is 20.8 Å². The van der Waals surface area contributed by atoms with Crippen molar-refractivity contribution in [1.29, 1.82) is 0 Å². The van der Waals surface area contributed by atoms with Crippen LogP contribution in [-0.4, -0.2) is 37.4 Å². The van der Waals surface area contributed by atoms with Crippen molar-refractivity contribution in [3.63, 3.8) is 0 Å². The number of rotatable bonds is 7. The maximum atomic E-state index is 13.6. The molecule has 1 heterocycles. The molecule has 3 aromatic carbocycles. The first-order valence-corrected chi connectivity index (χ1v) is 12.5. The number of piperidine rings is 1. The Labute approximate surface area is 198 Å². The monoisotopic (exact) mass is 483 g/mol. The normalized spacial score (nSPS) is 15.2. The van der Waals surface area contributed by atoms with Crippen LogP contribution in [0.5, 0.6) is 0 Å². The van der Waals surface area contributed by atoms with Crippen molar-refractivity contribution in [3.8, 4) is 0 Å². The lowest BCUT2D eigenvalue weighted by molar-refractivity contribution is -0.384. The number of nitrogens with zero attached hydrogens (tertiary/aromatic N) is 3. The molecule has 0 atom stereocenters. The summed E-state index contributed by atoms with van der Waals surface area (Å²) in [5.41, 5.74) is 2.64. The second kappa shape index (κ2) is 9.90. The molecule has 9 heteroatoms. The Morgan fingerprint density at radius 3 is 2.12 bits per heavy atom. The van der Waals surface area contributed by atoms with E-state index >= 15 is 0 Å². The minimum absolute atomic E-state index is 0.0576. The molecule has 0 radical (unpaired) electrons. The molecule has 0 aliphatic carbocycles. The molecule has 1 aliphatic heterocycles. The molecule has 3 aromatic rings. The molecule has 0 N–H and O–H groups in total. The van der Waals surface area contributed by atoms with E-state index in [1.54, 1.807) is 24.3 Å². The summed E-state index contributed by atoms with van der Waals surface area (Å²) >= 11 is 0. The number of nitro benzene ring substituents is 1. The Balaban J connectivity index is 1.53. The van der Waals surface area contributed by atoms with E-state index in [1.807, 2.05) is 19.1 Å². The van der Waals surface area contributed by atoms with Gasteiger partial charge in [-0.05, 0) is 61.7 Å². The number of benzene rings is 3. The van der Waals surface area contributed by atoms with Crippen molar-refractivity contribution >= 4 is 21.4 Å². The average molecular weight is 484 g/mol. The van der Waals surface area contributed by atoms with Gasteiger partial charge in [0.25, 0.3) is 15.7 Å². The third-order valence-electron chi connectivity index (χ3n) is 6.10. The molecule has 0 unspecified atom stereocenters. The molecule has 34 heavy (non-hydrogen) atoms. The fourth-order valence-corrected chi connectivity index (χ4v) is 5.96. The Kier molecular flexibility index (Phi) is 6.95. The third kappa shape index (κ3) is 5.26. The number of halogens is 1. The van der Waals surface area contributed by atoms with E-state index in [9.17, 15) is 22.9 Å². The molecule has 0 bridgehead atoms. The van der Waals surface area contributed by atoms with Crippen molar-refractivity contribution in [2.75, 3.05) is 17.4 Å². The van der Waals surface area contributed by atoms with Crippen LogP contribution in [0.3, 0.4) is 0 Å². The van der Waals surface area contributed by atoms with Crippen molar-refractivity contribution in [2.45, 2.75) is 37.2 Å². The highest BCUT2D eigenvalue weighted by molar-refractivity contribution is 7.92. The summed E-state index contributed by atoms with van der Waals surface area (Å²) in [5.74, 6) is -0.486. The van der Waals surface area contributed by atoms with E-state index in [0.29, 0.717) is 38.2 Å². The molecule has 0 saturated carbocycles. The van der Waals surface area contributed by atoms with Gasteiger partial charge in [0, 0.05) is 37.8 Å². The molecule has 0 spiro atoms. The maximum absolute atomic E-state index is 13.6. The first-order valence-electron chi connectivity index (χ1n) is 11.1. The second-order valence-electron chi connectivity index (χ2n) is 8.52. The van der Waals surface area contributed by atoms with Crippen LogP contribution in [0.1, 0.15) is 24.0 Å². The van der Waals surface area contributed by atoms with Gasteiger partial charge in [0.15, 0.2) is 0 Å². The number of hydrogen-bond acceptors (Lipinski definition) is 5. The molecular weight excluding hydrogens is 457 g/mol. The van der Waals surface area contributed by atoms with Gasteiger partial charge in [0.1, 0.15) is 5.82 Å². The smallest absolute Gasteiger partial charge is 0.269 e. The number of aryl methyl sites for hydroxylation is 1. The van der Waals surface area contributed by atoms with Gasteiger partial charge in [-0.1, -0.05) is 29.8 Å². The van der Waals surface area contributed by atoms with Crippen LogP contribution in [0, 0.1) is 22.9 Å². The molecule has 7 nitrogen and oxygen atoms in total. The predicted octanol–water partition coefficient (Wildman–Crippen LogP) is 4.90. The first kappa shape index (κ1) is 23.8. The Morgan fingerprint density at radius 1 is 0.971 bits per heavy atom. The van der Waals surface area contributed by atoms with Crippen molar-refractivity contribution in [1.82, 2.24) is 4.90 Å². The molecule has 0 amide bonds. The second-order valence-corrected chi connectivity index (χ2v) is 10.3. The van der Waals surface area contributed by atoms with Crippen molar-refractivity contribution < 1.29 is 17.7 Å². The highest BCUT2D eigenvalue weighted by Gasteiger charge is 2.34. The molecule has 1 fully saturated rings. The Bertz CT molecular complexity index is 1240. The van der Waals surface area contributed by atoms with Crippen LogP contribution in [0.15, 0.2) is 77.7 Å². The zero-order valence-corrected chi connectivity index (χ0v) is 19.6. The molecule has 1 aliphatic rings. The van der Waals surface area contributed by atoms with Crippen LogP contribution in [0.2, 0.25) is 0 Å². The van der Waals surface area contributed by atoms with E-state index in [2.05, 4.69) is 4.90 Å². The van der Waals surface area contributed by atoms with Gasteiger partial charge in [0.05, 0.1) is 15.5 Å². The summed E-state index contributed by atoms with van der Waals surface area (Å²) in [7, 11) is -3.89. The lowest BCUT2D eigenvalue weighted by atomic mass is 10.0. The standard InChI is InChI=1S/C25H26FN3O4S/c1-19-2-8-22(9-3-19)28(34(32,33)25-12-6-21(26)7-13-25)23-14-16-27(17-15-23)18-20-4-10-24(11-5-20)29(30)31/h2-13,23H,14-18H2,1H3. The fourth-order valence-electron chi connectivity index (χ4n) is 4.25. The van der Waals surface area contributed by atoms with Gasteiger partial charge < -0.3 is 0 Å². The van der Waals surface area contributed by atoms with Crippen LogP contribution in [-0.2, 0) is 16.6 Å². The van der Waals surface area contributed by atoms with Gasteiger partial charge in [-0.25, -0.2) is 12.8 Å². The molecule has 1 saturated heterocycles. The van der Waals surface area contributed by atoms with Gasteiger partial charge in [-0.15, -0.1) is 0 Å². The lowest BCUT2D eigenvalue weighted by Gasteiger charge is -2.39. The number of likely N-dealkylation sites (tertiary alicyclic amines) is 1. The summed E-state index contributed by atoms with van der Waals surface area (Å²) in [6.07, 6.45) is 1.25. The van der Waals surface area contributed by atoms with Crippen LogP contribution >= 0.6 is 0 Å². The van der Waals surface area contributed by atoms with Crippen LogP contribution < -0.4 is 4.31 Å². The Morgan fingerprint density at radius 2 is 1.56 bits per heavy atom. The molecule has 4 rings (SSSR count). The SMILES string of the molecule is Cc1ccc(N(C2CCN(Cc3ccc([N+](=O)[O-])cc3)CC2)S(=O)(=O)c2ccc(F)cc2)cc1. The number of anilines is 1. The van der Waals surface area contributed by atoms with E-state index in [1.165, 1.54) is 28.6 Å². The number of sulfonamides is 1. The van der Waals surface area contributed by atoms with E-state index in [0.717, 1.165) is 23.3 Å². The number of hydrogen-bond donors (Lipinski definition) is 0. The third-order valence-corrected chi connectivity index (χ3v) is 8.00. The summed E-state index contributed by atoms with van der Waals surface area (Å²) < 4.78 is 42.2. The van der Waals surface area contributed by atoms with Gasteiger partial charge >= 0.3 is 0 Å². The summed E-state index contributed by atoms with van der Waals surface area (Å²) in [4.78, 5) is 12.7. The van der Waals surface area contributed by atoms with Gasteiger partial charge in [-0.3, -0.25) is 19.3 Å². The molecular formula is C25H26FN3O4S. The summed E-state index contributed by atoms with van der Waals surface area (Å²) in [6, 6.07) is 18.5. The minimum Gasteiger partial charge on any atom is -0.299 e. The van der Waals surface area contributed by atoms with Crippen molar-refractivity contribution in [2.24, 2.45) is 0 Å². The Hall–Kier alpha value is -3.30. The maximum Gasteiger partial charge on any atom is 0.269 e. The largest absolute Gasteiger partial charge is 0.299 e. The van der Waals surface area contributed by atoms with Gasteiger partial charge in [0.2, 0.25) is 0 Å². The highest BCUT2D eigenvalue weighted by atomic mass is 32.2. The first-order chi connectivity index (χ1) is 16.2. The average Bonchev–Trinajstić information content (AvgIpc) is 2.82. The number of nitro groups is 1. The van der Waals surface area contributed by atoms with E-state index in [4.69, 9.17) is 0 Å². The lowest BCUT2D eigenvalue weighted by Crippen LogP contribution is -2.47. The van der Waals surface area contributed by atoms with Crippen LogP contribution in [0.25, 0.3) is 0 Å². The minimum atomic E-state index is -3.89. The van der Waals surface area contributed by atoms with Crippen molar-refractivity contribution in [3.05, 3.63) is 99.9 Å². The quantitative estimate of drug-likeness (QED) is 0.353. The fraction of sp³-hybridized carbons (Fsp3) is 0.280. The summed E-state index contributed by atoms with van der Waals surface area (Å²) in [5, 5.41) is 10.9. The molecule has 178 valence electrons. The highest BCUT2D eigenvalue weighted by Crippen LogP contribution is 2.31. The predicted molar refractivity (Wildman–Crippen MR) is 129 cm³/mol. The number of non-ortho nitro benzene ring substituents is 1. The topological polar surface area (TPSA) is 83.8 Å². The zero-order chi connectivity index (χ0) is 24.3. The van der Waals surface area contributed by atoms with E-state index in [-0.39, 0.29) is 16.6 Å². The zero-order valence-electron chi connectivity index (χ0n) is 18.8. The molecule has 0 aromatic heterocycles. The summed E-state index contributed by atoms with van der Waals surface area (Å²) in [6.45, 7) is 3.95. The van der Waals surface area contributed by atoms with Crippen LogP contribution in [0.4, 0.5) is 15.8 Å². The van der Waals surface area contributed by atoms with Gasteiger partial charge in [-0.2, -0.15) is 0 Å².